The number of benzene rings is 1. The minimum atomic E-state index is -3.48. The molecule has 14 heteroatoms. The number of hydrogen-bond donors (Lipinski definition) is 1. The number of nitrogens with one attached hydrogen (secondary N) is 1. The number of sulfone groups is 1. The Kier molecular flexibility index (Phi) is 10.3. The van der Waals surface area contributed by atoms with Gasteiger partial charge >= 0.3 is 0 Å². The van der Waals surface area contributed by atoms with Gasteiger partial charge in [0, 0.05) is 31.9 Å². The lowest BCUT2D eigenvalue weighted by Gasteiger charge is -2.24. The minimum Gasteiger partial charge on any atom is -0.476 e. The number of aromatic nitrogens is 2. The third kappa shape index (κ3) is 8.01. The molecule has 2 fully saturated rings. The average Bonchev–Trinajstić information content (AvgIpc) is 3.66. The van der Waals surface area contributed by atoms with Crippen LogP contribution in [0.4, 0.5) is 5.13 Å². The molecule has 0 atom stereocenters. The molecule has 2 aromatic heterocycles. The molecule has 5 rings (SSSR count). The van der Waals surface area contributed by atoms with E-state index >= 15 is 0 Å². The van der Waals surface area contributed by atoms with Crippen LogP contribution in [-0.4, -0.2) is 112 Å². The number of rotatable bonds is 13. The lowest BCUT2D eigenvalue weighted by molar-refractivity contribution is -0.110. The summed E-state index contributed by atoms with van der Waals surface area (Å²) in [5.74, 6) is 0.0417. The zero-order valence-corrected chi connectivity index (χ0v) is 25.3. The fourth-order valence-electron chi connectivity index (χ4n) is 4.74. The van der Waals surface area contributed by atoms with Crippen molar-refractivity contribution in [3.05, 3.63) is 42.0 Å². The molecule has 1 N–H and O–H groups in total. The van der Waals surface area contributed by atoms with Crippen molar-refractivity contribution in [3.8, 4) is 5.88 Å². The number of thiazole rings is 1. The van der Waals surface area contributed by atoms with Gasteiger partial charge in [-0.1, -0.05) is 23.5 Å². The number of pyridine rings is 1. The van der Waals surface area contributed by atoms with Crippen LogP contribution in [0.5, 0.6) is 5.88 Å². The Morgan fingerprint density at radius 1 is 1.05 bits per heavy atom. The van der Waals surface area contributed by atoms with Gasteiger partial charge in [-0.3, -0.25) is 20.0 Å². The summed E-state index contributed by atoms with van der Waals surface area (Å²) in [4.78, 5) is 25.8. The first-order chi connectivity index (χ1) is 20.4. The van der Waals surface area contributed by atoms with Crippen molar-refractivity contribution in [2.45, 2.75) is 24.2 Å². The highest BCUT2D eigenvalue weighted by molar-refractivity contribution is 7.91. The van der Waals surface area contributed by atoms with Gasteiger partial charge in [-0.15, -0.1) is 0 Å². The third-order valence-corrected chi connectivity index (χ3v) is 9.70. The maximum atomic E-state index is 13.5. The molecule has 1 aromatic carbocycles. The van der Waals surface area contributed by atoms with Gasteiger partial charge in [0.25, 0.3) is 5.91 Å². The molecular formula is C28H36N6O6S2. The highest BCUT2D eigenvalue weighted by Crippen LogP contribution is 2.27. The van der Waals surface area contributed by atoms with E-state index in [2.05, 4.69) is 25.3 Å². The van der Waals surface area contributed by atoms with E-state index in [1.165, 1.54) is 43.4 Å². The van der Waals surface area contributed by atoms with E-state index in [0.717, 1.165) is 19.6 Å². The molecule has 0 bridgehead atoms. The van der Waals surface area contributed by atoms with Crippen molar-refractivity contribution in [3.63, 3.8) is 0 Å². The molecule has 0 unspecified atom stereocenters. The second-order valence-corrected chi connectivity index (χ2v) is 13.1. The number of methoxy groups -OCH3 is 1. The zero-order chi connectivity index (χ0) is 29.4. The molecule has 1 amide bonds. The lowest BCUT2D eigenvalue weighted by Crippen LogP contribution is -2.35. The number of carbonyl (C=O) groups is 1. The number of hydrazone groups is 1. The van der Waals surface area contributed by atoms with E-state index in [9.17, 15) is 13.2 Å². The molecule has 226 valence electrons. The standard InChI is InChI=1S/C28H36N6O6S2/c1-38-16-4-20-42(36,37)22-7-5-21(6-8-22)25(32-34-14-17-39-18-15-34)26(35)31-28-29-23-9-10-24(30-27(23)41-28)40-19-13-33-11-2-3-12-33/h5-10H,2-4,11-20H2,1H3,(H,29,31,35). The van der Waals surface area contributed by atoms with Crippen molar-refractivity contribution in [2.24, 2.45) is 5.10 Å². The van der Waals surface area contributed by atoms with Gasteiger partial charge < -0.3 is 14.2 Å². The highest BCUT2D eigenvalue weighted by atomic mass is 32.2. The Bertz CT molecular complexity index is 1480. The van der Waals surface area contributed by atoms with Crippen molar-refractivity contribution in [1.82, 2.24) is 19.9 Å². The third-order valence-electron chi connectivity index (χ3n) is 7.00. The van der Waals surface area contributed by atoms with E-state index in [0.29, 0.717) is 72.9 Å². The van der Waals surface area contributed by atoms with Gasteiger partial charge in [-0.05, 0) is 50.6 Å². The van der Waals surface area contributed by atoms with Crippen molar-refractivity contribution in [1.29, 1.82) is 0 Å². The number of anilines is 1. The number of amides is 1. The van der Waals surface area contributed by atoms with Crippen LogP contribution in [0.2, 0.25) is 0 Å². The molecule has 0 saturated carbocycles. The van der Waals surface area contributed by atoms with E-state index in [4.69, 9.17) is 14.2 Å². The maximum absolute atomic E-state index is 13.5. The molecule has 2 aliphatic heterocycles. The second kappa shape index (κ2) is 14.3. The smallest absolute Gasteiger partial charge is 0.278 e. The molecule has 2 saturated heterocycles. The lowest BCUT2D eigenvalue weighted by atomic mass is 10.1. The fourth-order valence-corrected chi connectivity index (χ4v) is 6.85. The van der Waals surface area contributed by atoms with Gasteiger partial charge in [0.2, 0.25) is 5.88 Å². The summed E-state index contributed by atoms with van der Waals surface area (Å²) in [6, 6.07) is 9.84. The van der Waals surface area contributed by atoms with Gasteiger partial charge in [0.05, 0.1) is 37.0 Å². The van der Waals surface area contributed by atoms with Crippen molar-refractivity contribution >= 4 is 48.3 Å². The van der Waals surface area contributed by atoms with Crippen molar-refractivity contribution < 1.29 is 27.4 Å². The van der Waals surface area contributed by atoms with Gasteiger partial charge in [-0.25, -0.2) is 18.4 Å². The second-order valence-electron chi connectivity index (χ2n) is 10.0. The van der Waals surface area contributed by atoms with Crippen LogP contribution >= 0.6 is 11.3 Å². The number of ether oxygens (including phenoxy) is 3. The average molecular weight is 617 g/mol. The number of nitrogens with zero attached hydrogens (tertiary/aromatic N) is 5. The van der Waals surface area contributed by atoms with E-state index in [1.54, 1.807) is 23.2 Å². The molecule has 0 radical (unpaired) electrons. The molecule has 2 aliphatic rings. The van der Waals surface area contributed by atoms with Crippen LogP contribution in [-0.2, 0) is 24.1 Å². The van der Waals surface area contributed by atoms with E-state index < -0.39 is 15.7 Å². The Morgan fingerprint density at radius 3 is 2.55 bits per heavy atom. The summed E-state index contributed by atoms with van der Waals surface area (Å²) in [7, 11) is -1.94. The number of hydrogen-bond acceptors (Lipinski definition) is 12. The van der Waals surface area contributed by atoms with Crippen LogP contribution in [0.25, 0.3) is 10.3 Å². The summed E-state index contributed by atoms with van der Waals surface area (Å²) in [5.41, 5.74) is 1.29. The molecular weight excluding hydrogens is 580 g/mol. The summed E-state index contributed by atoms with van der Waals surface area (Å²) in [5, 5.41) is 9.63. The van der Waals surface area contributed by atoms with Crippen LogP contribution in [0.3, 0.4) is 0 Å². The molecule has 4 heterocycles. The predicted octanol–water partition coefficient (Wildman–Crippen LogP) is 2.65. The molecule has 0 spiro atoms. The van der Waals surface area contributed by atoms with E-state index in [-0.39, 0.29) is 16.4 Å². The first-order valence-corrected chi connectivity index (χ1v) is 16.6. The Balaban J connectivity index is 1.30. The first kappa shape index (κ1) is 30.3. The van der Waals surface area contributed by atoms with Gasteiger partial charge in [0.15, 0.2) is 20.7 Å². The normalized spacial score (nSPS) is 16.7. The maximum Gasteiger partial charge on any atom is 0.278 e. The van der Waals surface area contributed by atoms with Crippen LogP contribution in [0.15, 0.2) is 46.4 Å². The minimum absolute atomic E-state index is 0.0216. The topological polar surface area (TPSA) is 136 Å². The summed E-state index contributed by atoms with van der Waals surface area (Å²) < 4.78 is 41.6. The molecule has 3 aromatic rings. The monoisotopic (exact) mass is 616 g/mol. The number of likely N-dealkylation sites (tertiary alicyclic amines) is 1. The van der Waals surface area contributed by atoms with Gasteiger partial charge in [-0.2, -0.15) is 5.10 Å². The first-order valence-electron chi connectivity index (χ1n) is 14.1. The molecule has 0 aliphatic carbocycles. The van der Waals surface area contributed by atoms with Crippen molar-refractivity contribution in [2.75, 3.05) is 77.3 Å². The zero-order valence-electron chi connectivity index (χ0n) is 23.7. The fraction of sp³-hybridized carbons (Fsp3) is 0.500. The summed E-state index contributed by atoms with van der Waals surface area (Å²) >= 11 is 1.25. The van der Waals surface area contributed by atoms with Gasteiger partial charge in [0.1, 0.15) is 17.0 Å². The predicted molar refractivity (Wildman–Crippen MR) is 161 cm³/mol. The Hall–Kier alpha value is -3.17. The Morgan fingerprint density at radius 2 is 1.81 bits per heavy atom. The quantitative estimate of drug-likeness (QED) is 0.226. The summed E-state index contributed by atoms with van der Waals surface area (Å²) in [6.07, 6.45) is 2.87. The number of fused-ring (bicyclic) bond motifs is 1. The SMILES string of the molecule is COCCCS(=O)(=O)c1ccc(C(=NN2CCOCC2)C(=O)Nc2nc3ccc(OCCN4CCCC4)nc3s2)cc1. The van der Waals surface area contributed by atoms with Crippen LogP contribution in [0, 0.1) is 0 Å². The summed E-state index contributed by atoms with van der Waals surface area (Å²) in [6.45, 7) is 6.10. The molecule has 12 nitrogen and oxygen atoms in total. The molecule has 42 heavy (non-hydrogen) atoms. The highest BCUT2D eigenvalue weighted by Gasteiger charge is 2.21. The van der Waals surface area contributed by atoms with E-state index in [1.807, 2.05) is 6.07 Å². The number of morpholine rings is 1. The van der Waals surface area contributed by atoms with Crippen LogP contribution in [0.1, 0.15) is 24.8 Å². The largest absolute Gasteiger partial charge is 0.476 e. The number of carbonyl (C=O) groups excluding carboxylic acids is 1. The van der Waals surface area contributed by atoms with Crippen LogP contribution < -0.4 is 10.1 Å². The Labute approximate surface area is 249 Å².